The van der Waals surface area contributed by atoms with Crippen LogP contribution >= 0.6 is 0 Å². The van der Waals surface area contributed by atoms with Gasteiger partial charge in [-0.1, -0.05) is 12.1 Å². The third-order valence-electron chi connectivity index (χ3n) is 3.39. The molecule has 5 nitrogen and oxygen atoms in total. The molecule has 0 aliphatic heterocycles. The Bertz CT molecular complexity index is 500. The van der Waals surface area contributed by atoms with Crippen molar-refractivity contribution in [3.63, 3.8) is 0 Å². The maximum atomic E-state index is 12.8. The highest BCUT2D eigenvalue weighted by atomic mass is 19.1. The van der Waals surface area contributed by atoms with Crippen LogP contribution in [0.5, 0.6) is 0 Å². The number of halogens is 1. The van der Waals surface area contributed by atoms with Gasteiger partial charge in [-0.15, -0.1) is 0 Å². The number of rotatable bonds is 7. The lowest BCUT2D eigenvalue weighted by Gasteiger charge is -2.21. The van der Waals surface area contributed by atoms with Gasteiger partial charge in [0.1, 0.15) is 12.4 Å². The molecule has 1 saturated carbocycles. The van der Waals surface area contributed by atoms with Gasteiger partial charge >= 0.3 is 12.0 Å². The van der Waals surface area contributed by atoms with Gasteiger partial charge in [-0.3, -0.25) is 4.79 Å². The minimum absolute atomic E-state index is 0.279. The van der Waals surface area contributed by atoms with Crippen molar-refractivity contribution < 1.29 is 19.1 Å². The molecule has 2 N–H and O–H groups in total. The normalized spacial score (nSPS) is 13.8. The fourth-order valence-corrected chi connectivity index (χ4v) is 2.07. The highest BCUT2D eigenvalue weighted by Crippen LogP contribution is 2.29. The van der Waals surface area contributed by atoms with Gasteiger partial charge in [-0.25, -0.2) is 9.18 Å². The first-order valence-corrected chi connectivity index (χ1v) is 7.03. The summed E-state index contributed by atoms with van der Waals surface area (Å²) in [6.45, 7) is 0.610. The minimum atomic E-state index is -1.01. The summed E-state index contributed by atoms with van der Waals surface area (Å²) < 4.78 is 12.8. The SMILES string of the molecule is O=C(O)CN(CC1CC1)C(=O)NCCc1ccc(F)cc1. The van der Waals surface area contributed by atoms with Crippen molar-refractivity contribution in [2.24, 2.45) is 5.92 Å². The third-order valence-corrected chi connectivity index (χ3v) is 3.39. The van der Waals surface area contributed by atoms with Crippen molar-refractivity contribution in [3.05, 3.63) is 35.6 Å². The monoisotopic (exact) mass is 294 g/mol. The summed E-state index contributed by atoms with van der Waals surface area (Å²) in [5.41, 5.74) is 0.920. The summed E-state index contributed by atoms with van der Waals surface area (Å²) in [6, 6.07) is 5.73. The molecule has 114 valence electrons. The second-order valence-electron chi connectivity index (χ2n) is 5.33. The Morgan fingerprint density at radius 2 is 1.95 bits per heavy atom. The van der Waals surface area contributed by atoms with Gasteiger partial charge in [-0.05, 0) is 42.9 Å². The second kappa shape index (κ2) is 7.06. The molecule has 21 heavy (non-hydrogen) atoms. The Kier molecular flexibility index (Phi) is 5.14. The molecule has 0 saturated heterocycles. The molecule has 0 atom stereocenters. The molecule has 1 aromatic carbocycles. The number of carboxylic acids is 1. The van der Waals surface area contributed by atoms with Crippen LogP contribution in [0.2, 0.25) is 0 Å². The van der Waals surface area contributed by atoms with Crippen molar-refractivity contribution in [2.75, 3.05) is 19.6 Å². The molecule has 1 aromatic rings. The molecule has 0 spiro atoms. The summed E-state index contributed by atoms with van der Waals surface area (Å²) in [7, 11) is 0. The van der Waals surface area contributed by atoms with Crippen LogP contribution < -0.4 is 5.32 Å². The zero-order valence-electron chi connectivity index (χ0n) is 11.7. The summed E-state index contributed by atoms with van der Waals surface area (Å²) in [5, 5.41) is 11.6. The fraction of sp³-hybridized carbons (Fsp3) is 0.467. The van der Waals surface area contributed by atoms with E-state index in [1.54, 1.807) is 12.1 Å². The van der Waals surface area contributed by atoms with Crippen LogP contribution in [0.4, 0.5) is 9.18 Å². The van der Waals surface area contributed by atoms with Crippen LogP contribution in [0.3, 0.4) is 0 Å². The Balaban J connectivity index is 1.77. The molecule has 0 radical (unpaired) electrons. The van der Waals surface area contributed by atoms with Gasteiger partial charge in [0.15, 0.2) is 0 Å². The van der Waals surface area contributed by atoms with Crippen molar-refractivity contribution in [2.45, 2.75) is 19.3 Å². The smallest absolute Gasteiger partial charge is 0.323 e. The predicted molar refractivity (Wildman–Crippen MR) is 75.4 cm³/mol. The molecule has 0 bridgehead atoms. The van der Waals surface area contributed by atoms with Gasteiger partial charge in [0.2, 0.25) is 0 Å². The van der Waals surface area contributed by atoms with Crippen molar-refractivity contribution in [3.8, 4) is 0 Å². The summed E-state index contributed by atoms with van der Waals surface area (Å²) in [6.07, 6.45) is 2.69. The number of carboxylic acid groups (broad SMARTS) is 1. The van der Waals surface area contributed by atoms with E-state index in [4.69, 9.17) is 5.11 Å². The van der Waals surface area contributed by atoms with E-state index >= 15 is 0 Å². The Morgan fingerprint density at radius 3 is 2.52 bits per heavy atom. The first kappa shape index (κ1) is 15.3. The molecule has 1 aliphatic carbocycles. The summed E-state index contributed by atoms with van der Waals surface area (Å²) in [4.78, 5) is 24.1. The van der Waals surface area contributed by atoms with Gasteiger partial charge < -0.3 is 15.3 Å². The van der Waals surface area contributed by atoms with Gasteiger partial charge in [0, 0.05) is 13.1 Å². The maximum Gasteiger partial charge on any atom is 0.323 e. The number of carbonyl (C=O) groups excluding carboxylic acids is 1. The van der Waals surface area contributed by atoms with E-state index in [9.17, 15) is 14.0 Å². The van der Waals surface area contributed by atoms with E-state index in [1.165, 1.54) is 17.0 Å². The van der Waals surface area contributed by atoms with Crippen molar-refractivity contribution in [1.29, 1.82) is 0 Å². The molecular formula is C15H19FN2O3. The number of carbonyl (C=O) groups is 2. The summed E-state index contributed by atoms with van der Waals surface area (Å²) >= 11 is 0. The lowest BCUT2D eigenvalue weighted by Crippen LogP contribution is -2.44. The van der Waals surface area contributed by atoms with Crippen LogP contribution in [-0.4, -0.2) is 41.6 Å². The largest absolute Gasteiger partial charge is 0.480 e. The molecule has 2 rings (SSSR count). The number of nitrogens with one attached hydrogen (secondary N) is 1. The number of hydrogen-bond donors (Lipinski definition) is 2. The average Bonchev–Trinajstić information content (AvgIpc) is 3.23. The number of aliphatic carboxylic acids is 1. The Labute approximate surface area is 122 Å². The third kappa shape index (κ3) is 5.41. The van der Waals surface area contributed by atoms with Crippen molar-refractivity contribution >= 4 is 12.0 Å². The lowest BCUT2D eigenvalue weighted by molar-refractivity contribution is -0.137. The second-order valence-corrected chi connectivity index (χ2v) is 5.33. The number of hydrogen-bond acceptors (Lipinski definition) is 2. The maximum absolute atomic E-state index is 12.8. The molecule has 1 aliphatic rings. The molecular weight excluding hydrogens is 275 g/mol. The summed E-state index contributed by atoms with van der Waals surface area (Å²) in [5.74, 6) is -0.864. The van der Waals surface area contributed by atoms with E-state index in [0.717, 1.165) is 18.4 Å². The lowest BCUT2D eigenvalue weighted by atomic mass is 10.1. The predicted octanol–water partition coefficient (Wildman–Crippen LogP) is 1.87. The molecule has 0 aromatic heterocycles. The van der Waals surface area contributed by atoms with Crippen LogP contribution in [0.25, 0.3) is 0 Å². The number of amides is 2. The van der Waals surface area contributed by atoms with E-state index in [0.29, 0.717) is 25.4 Å². The number of urea groups is 1. The number of nitrogens with zero attached hydrogens (tertiary/aromatic N) is 1. The zero-order chi connectivity index (χ0) is 15.2. The zero-order valence-corrected chi connectivity index (χ0v) is 11.7. The van der Waals surface area contributed by atoms with Gasteiger partial charge in [-0.2, -0.15) is 0 Å². The van der Waals surface area contributed by atoms with E-state index in [-0.39, 0.29) is 18.4 Å². The van der Waals surface area contributed by atoms with Gasteiger partial charge in [0.25, 0.3) is 0 Å². The van der Waals surface area contributed by atoms with E-state index < -0.39 is 5.97 Å². The quantitative estimate of drug-likeness (QED) is 0.806. The van der Waals surface area contributed by atoms with E-state index in [1.807, 2.05) is 0 Å². The Morgan fingerprint density at radius 1 is 1.29 bits per heavy atom. The molecule has 6 heteroatoms. The highest BCUT2D eigenvalue weighted by molar-refractivity contribution is 5.80. The average molecular weight is 294 g/mol. The van der Waals surface area contributed by atoms with Crippen molar-refractivity contribution in [1.82, 2.24) is 10.2 Å². The topological polar surface area (TPSA) is 69.6 Å². The first-order valence-electron chi connectivity index (χ1n) is 7.03. The molecule has 0 unspecified atom stereocenters. The first-order chi connectivity index (χ1) is 10.0. The number of benzene rings is 1. The molecule has 1 fully saturated rings. The van der Waals surface area contributed by atoms with Gasteiger partial charge in [0.05, 0.1) is 0 Å². The van der Waals surface area contributed by atoms with Crippen LogP contribution in [0.1, 0.15) is 18.4 Å². The standard InChI is InChI=1S/C15H19FN2O3/c16-13-5-3-11(4-6-13)7-8-17-15(21)18(10-14(19)20)9-12-1-2-12/h3-6,12H,1-2,7-10H2,(H,17,21)(H,19,20). The minimum Gasteiger partial charge on any atom is -0.480 e. The molecule has 0 heterocycles. The van der Waals surface area contributed by atoms with Crippen LogP contribution in [-0.2, 0) is 11.2 Å². The Hall–Kier alpha value is -2.11. The highest BCUT2D eigenvalue weighted by Gasteiger charge is 2.27. The van der Waals surface area contributed by atoms with E-state index in [2.05, 4.69) is 5.32 Å². The molecule has 2 amide bonds. The van der Waals surface area contributed by atoms with Crippen LogP contribution in [0.15, 0.2) is 24.3 Å². The fourth-order valence-electron chi connectivity index (χ4n) is 2.07. The van der Waals surface area contributed by atoms with Crippen LogP contribution in [0, 0.1) is 11.7 Å².